The summed E-state index contributed by atoms with van der Waals surface area (Å²) >= 11 is 0. The molecule has 0 heterocycles. The van der Waals surface area contributed by atoms with Gasteiger partial charge in [-0.25, -0.2) is 0 Å². The van der Waals surface area contributed by atoms with Crippen molar-refractivity contribution in [3.05, 3.63) is 35.9 Å². The minimum atomic E-state index is -0.763. The Hall–Kier alpha value is -2.08. The van der Waals surface area contributed by atoms with E-state index in [9.17, 15) is 4.79 Å². The Balaban J connectivity index is 2.68. The molecule has 0 aliphatic heterocycles. The summed E-state index contributed by atoms with van der Waals surface area (Å²) in [4.78, 5) is 14.2. The molecular formula is C14H22N4O2. The lowest BCUT2D eigenvalue weighted by Gasteiger charge is -2.16. The Kier molecular flexibility index (Phi) is 6.52. The van der Waals surface area contributed by atoms with E-state index in [1.165, 1.54) is 0 Å². The molecule has 4 N–H and O–H groups in total. The lowest BCUT2D eigenvalue weighted by atomic mass is 9.97. The second-order valence-electron chi connectivity index (χ2n) is 4.82. The van der Waals surface area contributed by atoms with Gasteiger partial charge in [-0.1, -0.05) is 35.5 Å². The number of nitrogens with two attached hydrogens (primary N) is 1. The number of carbonyl (C=O) groups is 1. The topological polar surface area (TPSA) is 91.0 Å². The normalized spacial score (nSPS) is 13.2. The molecule has 1 aromatic carbocycles. The van der Waals surface area contributed by atoms with Gasteiger partial charge >= 0.3 is 0 Å². The molecule has 6 heteroatoms. The molecule has 1 unspecified atom stereocenters. The molecule has 20 heavy (non-hydrogen) atoms. The Morgan fingerprint density at radius 3 is 2.60 bits per heavy atom. The van der Waals surface area contributed by atoms with E-state index in [2.05, 4.69) is 10.5 Å². The highest BCUT2D eigenvalue weighted by Gasteiger charge is 2.24. The van der Waals surface area contributed by atoms with E-state index in [1.54, 1.807) is 12.1 Å². The summed E-state index contributed by atoms with van der Waals surface area (Å²) in [7, 11) is 3.95. The fourth-order valence-corrected chi connectivity index (χ4v) is 1.87. The fraction of sp³-hybridized carbons (Fsp3) is 0.429. The lowest BCUT2D eigenvalue weighted by Crippen LogP contribution is -2.38. The van der Waals surface area contributed by atoms with E-state index in [0.717, 1.165) is 13.0 Å². The van der Waals surface area contributed by atoms with Crippen LogP contribution in [0.3, 0.4) is 0 Å². The average molecular weight is 278 g/mol. The molecule has 1 aromatic rings. The van der Waals surface area contributed by atoms with Gasteiger partial charge in [0.1, 0.15) is 5.92 Å². The average Bonchev–Trinajstić information content (AvgIpc) is 2.44. The van der Waals surface area contributed by atoms with Crippen LogP contribution < -0.4 is 11.1 Å². The molecule has 0 aliphatic rings. The SMILES string of the molecule is CN(C)CCCNC(=O)C(C(N)=NO)c1ccccc1. The van der Waals surface area contributed by atoms with Gasteiger partial charge in [0.05, 0.1) is 0 Å². The molecule has 1 amide bonds. The predicted molar refractivity (Wildman–Crippen MR) is 78.8 cm³/mol. The third kappa shape index (κ3) is 4.89. The maximum absolute atomic E-state index is 12.2. The molecule has 110 valence electrons. The second-order valence-corrected chi connectivity index (χ2v) is 4.82. The summed E-state index contributed by atoms with van der Waals surface area (Å²) in [6.07, 6.45) is 0.844. The minimum absolute atomic E-state index is 0.110. The third-order valence-electron chi connectivity index (χ3n) is 2.89. The molecule has 0 saturated heterocycles. The fourth-order valence-electron chi connectivity index (χ4n) is 1.87. The van der Waals surface area contributed by atoms with Gasteiger partial charge in [0.15, 0.2) is 5.84 Å². The van der Waals surface area contributed by atoms with Crippen LogP contribution in [-0.2, 0) is 4.79 Å². The molecular weight excluding hydrogens is 256 g/mol. The molecule has 0 bridgehead atoms. The van der Waals surface area contributed by atoms with Gasteiger partial charge in [0, 0.05) is 6.54 Å². The molecule has 0 fully saturated rings. The quantitative estimate of drug-likeness (QED) is 0.224. The van der Waals surface area contributed by atoms with Crippen LogP contribution in [0.1, 0.15) is 17.9 Å². The van der Waals surface area contributed by atoms with Gasteiger partial charge in [0.2, 0.25) is 5.91 Å². The number of nitrogens with one attached hydrogen (secondary N) is 1. The summed E-state index contributed by atoms with van der Waals surface area (Å²) in [5.41, 5.74) is 6.34. The summed E-state index contributed by atoms with van der Waals surface area (Å²) in [6.45, 7) is 1.44. The number of oxime groups is 1. The van der Waals surface area contributed by atoms with E-state index < -0.39 is 5.92 Å². The maximum atomic E-state index is 12.2. The van der Waals surface area contributed by atoms with E-state index >= 15 is 0 Å². The number of amidine groups is 1. The van der Waals surface area contributed by atoms with Crippen LogP contribution in [0.25, 0.3) is 0 Å². The van der Waals surface area contributed by atoms with E-state index in [0.29, 0.717) is 12.1 Å². The van der Waals surface area contributed by atoms with Gasteiger partial charge in [-0.15, -0.1) is 0 Å². The van der Waals surface area contributed by atoms with Crippen LogP contribution in [-0.4, -0.2) is 49.0 Å². The molecule has 0 aromatic heterocycles. The molecule has 0 aliphatic carbocycles. The van der Waals surface area contributed by atoms with Crippen molar-refractivity contribution in [3.8, 4) is 0 Å². The van der Waals surface area contributed by atoms with Crippen LogP contribution in [0.2, 0.25) is 0 Å². The highest BCUT2D eigenvalue weighted by Crippen LogP contribution is 2.15. The zero-order valence-electron chi connectivity index (χ0n) is 11.9. The van der Waals surface area contributed by atoms with Crippen LogP contribution >= 0.6 is 0 Å². The Morgan fingerprint density at radius 1 is 1.40 bits per heavy atom. The zero-order chi connectivity index (χ0) is 15.0. The monoisotopic (exact) mass is 278 g/mol. The first-order valence-electron chi connectivity index (χ1n) is 6.51. The van der Waals surface area contributed by atoms with Crippen molar-refractivity contribution in [2.75, 3.05) is 27.2 Å². The lowest BCUT2D eigenvalue weighted by molar-refractivity contribution is -0.121. The van der Waals surface area contributed by atoms with E-state index in [4.69, 9.17) is 10.9 Å². The number of carbonyl (C=O) groups excluding carboxylic acids is 1. The first-order chi connectivity index (χ1) is 9.56. The van der Waals surface area contributed by atoms with Crippen molar-refractivity contribution >= 4 is 11.7 Å². The third-order valence-corrected chi connectivity index (χ3v) is 2.89. The van der Waals surface area contributed by atoms with Crippen LogP contribution in [0.15, 0.2) is 35.5 Å². The number of nitrogens with zero attached hydrogens (tertiary/aromatic N) is 2. The van der Waals surface area contributed by atoms with Gasteiger partial charge in [-0.3, -0.25) is 4.79 Å². The van der Waals surface area contributed by atoms with Gasteiger partial charge in [-0.2, -0.15) is 0 Å². The van der Waals surface area contributed by atoms with Crippen molar-refractivity contribution < 1.29 is 10.0 Å². The molecule has 6 nitrogen and oxygen atoms in total. The van der Waals surface area contributed by atoms with Gasteiger partial charge in [-0.05, 0) is 32.6 Å². The van der Waals surface area contributed by atoms with Crippen molar-refractivity contribution in [2.45, 2.75) is 12.3 Å². The second kappa shape index (κ2) is 8.16. The molecule has 1 atom stereocenters. The van der Waals surface area contributed by atoms with Gasteiger partial charge < -0.3 is 21.2 Å². The smallest absolute Gasteiger partial charge is 0.235 e. The first-order valence-corrected chi connectivity index (χ1v) is 6.51. The predicted octanol–water partition coefficient (Wildman–Crippen LogP) is 0.585. The van der Waals surface area contributed by atoms with Crippen LogP contribution in [0.5, 0.6) is 0 Å². The largest absolute Gasteiger partial charge is 0.409 e. The Bertz CT molecular complexity index is 446. The number of amides is 1. The highest BCUT2D eigenvalue weighted by molar-refractivity contribution is 6.07. The summed E-state index contributed by atoms with van der Waals surface area (Å²) < 4.78 is 0. The number of rotatable bonds is 7. The molecule has 1 rings (SSSR count). The van der Waals surface area contributed by atoms with Crippen LogP contribution in [0.4, 0.5) is 0 Å². The first kappa shape index (κ1) is 16.0. The standard InChI is InChI=1S/C14H22N4O2/c1-18(2)10-6-9-16-14(19)12(13(15)17-20)11-7-4-3-5-8-11/h3-5,7-8,12,20H,6,9-10H2,1-2H3,(H2,15,17)(H,16,19). The van der Waals surface area contributed by atoms with Gasteiger partial charge in [0.25, 0.3) is 0 Å². The van der Waals surface area contributed by atoms with Crippen molar-refractivity contribution in [1.82, 2.24) is 10.2 Å². The van der Waals surface area contributed by atoms with Crippen molar-refractivity contribution in [1.29, 1.82) is 0 Å². The Labute approximate surface area is 119 Å². The maximum Gasteiger partial charge on any atom is 0.235 e. The molecule has 0 radical (unpaired) electrons. The Morgan fingerprint density at radius 2 is 2.05 bits per heavy atom. The summed E-state index contributed by atoms with van der Waals surface area (Å²) in [5, 5.41) is 14.6. The number of hydrogen-bond acceptors (Lipinski definition) is 4. The minimum Gasteiger partial charge on any atom is -0.409 e. The van der Waals surface area contributed by atoms with Crippen molar-refractivity contribution in [3.63, 3.8) is 0 Å². The molecule has 0 spiro atoms. The van der Waals surface area contributed by atoms with Crippen LogP contribution in [0, 0.1) is 0 Å². The summed E-state index contributed by atoms with van der Waals surface area (Å²) in [6, 6.07) is 9.03. The van der Waals surface area contributed by atoms with E-state index in [-0.39, 0.29) is 11.7 Å². The number of hydrogen-bond donors (Lipinski definition) is 3. The zero-order valence-corrected chi connectivity index (χ0v) is 11.9. The number of benzene rings is 1. The van der Waals surface area contributed by atoms with Crippen molar-refractivity contribution in [2.24, 2.45) is 10.9 Å². The van der Waals surface area contributed by atoms with E-state index in [1.807, 2.05) is 37.2 Å². The highest BCUT2D eigenvalue weighted by atomic mass is 16.4. The molecule has 0 saturated carbocycles. The summed E-state index contributed by atoms with van der Waals surface area (Å²) in [5.74, 6) is -1.13.